The largest absolute Gasteiger partial charge is 0.385 e. The predicted molar refractivity (Wildman–Crippen MR) is 75.8 cm³/mol. The number of hydrogen-bond acceptors (Lipinski definition) is 2. The van der Waals surface area contributed by atoms with Crippen LogP contribution in [0.5, 0.6) is 0 Å². The number of hydrogen-bond donors (Lipinski definition) is 1. The van der Waals surface area contributed by atoms with Gasteiger partial charge in [0.05, 0.1) is 33.4 Å². The number of rotatable bonds is 5. The third-order valence-electron chi connectivity index (χ3n) is 5.32. The maximum absolute atomic E-state index is 10.1. The molecule has 4 aliphatic carbocycles. The van der Waals surface area contributed by atoms with Gasteiger partial charge in [-0.1, -0.05) is 0 Å². The highest BCUT2D eigenvalue weighted by atomic mass is 16.5. The van der Waals surface area contributed by atoms with E-state index >= 15 is 0 Å². The molecule has 0 aliphatic heterocycles. The Morgan fingerprint density at radius 1 is 1.05 bits per heavy atom. The minimum absolute atomic E-state index is 0.139. The van der Waals surface area contributed by atoms with Crippen molar-refractivity contribution in [3.05, 3.63) is 0 Å². The van der Waals surface area contributed by atoms with Crippen LogP contribution in [0.25, 0.3) is 0 Å². The monoisotopic (exact) mass is 268 g/mol. The molecule has 110 valence electrons. The smallest absolute Gasteiger partial charge is 0.126 e. The van der Waals surface area contributed by atoms with E-state index in [0.717, 1.165) is 28.8 Å². The zero-order valence-corrected chi connectivity index (χ0v) is 12.8. The Morgan fingerprint density at radius 3 is 1.95 bits per heavy atom. The Bertz CT molecular complexity index is 299. The number of aliphatic hydroxyl groups is 1. The highest BCUT2D eigenvalue weighted by Gasteiger charge is 2.51. The molecule has 0 aromatic carbocycles. The molecule has 0 heterocycles. The summed E-state index contributed by atoms with van der Waals surface area (Å²) < 4.78 is 7.09. The van der Waals surface area contributed by atoms with Gasteiger partial charge in [0.1, 0.15) is 12.6 Å². The summed E-state index contributed by atoms with van der Waals surface area (Å²) in [6, 6.07) is 0. The van der Waals surface area contributed by atoms with Crippen molar-refractivity contribution in [1.82, 2.24) is 0 Å². The van der Waals surface area contributed by atoms with Crippen molar-refractivity contribution in [2.75, 3.05) is 34.3 Å². The van der Waals surface area contributed by atoms with Crippen LogP contribution in [-0.2, 0) is 4.74 Å². The third-order valence-corrected chi connectivity index (χ3v) is 5.32. The second kappa shape index (κ2) is 4.71. The number of nitrogens with zero attached hydrogens (tertiary/aromatic N) is 1. The fraction of sp³-hybridized carbons (Fsp3) is 1.00. The van der Waals surface area contributed by atoms with Crippen molar-refractivity contribution in [2.45, 2.75) is 50.2 Å². The molecule has 1 N–H and O–H groups in total. The summed E-state index contributed by atoms with van der Waals surface area (Å²) in [5.41, 5.74) is 0.139. The molecule has 0 aromatic rings. The summed E-state index contributed by atoms with van der Waals surface area (Å²) in [6.07, 6.45) is 7.80. The fourth-order valence-corrected chi connectivity index (χ4v) is 5.17. The second-order valence-corrected chi connectivity index (χ2v) is 8.54. The van der Waals surface area contributed by atoms with Crippen LogP contribution in [-0.4, -0.2) is 55.6 Å². The first kappa shape index (κ1) is 13.8. The molecule has 4 bridgehead atoms. The lowest BCUT2D eigenvalue weighted by atomic mass is 9.54. The molecule has 1 atom stereocenters. The number of likely N-dealkylation sites (N-methyl/N-ethyl adjacent to an activating group) is 1. The van der Waals surface area contributed by atoms with Crippen LogP contribution in [0.1, 0.15) is 38.5 Å². The average Bonchev–Trinajstić information content (AvgIpc) is 2.22. The highest BCUT2D eigenvalue weighted by molar-refractivity contribution is 5.03. The minimum Gasteiger partial charge on any atom is -0.385 e. The van der Waals surface area contributed by atoms with Crippen molar-refractivity contribution < 1.29 is 14.3 Å². The second-order valence-electron chi connectivity index (χ2n) is 8.54. The maximum Gasteiger partial charge on any atom is 0.126 e. The Kier molecular flexibility index (Phi) is 3.43. The van der Waals surface area contributed by atoms with E-state index < -0.39 is 0 Å². The molecule has 4 rings (SSSR count). The van der Waals surface area contributed by atoms with Crippen LogP contribution in [0.4, 0.5) is 0 Å². The van der Waals surface area contributed by atoms with Gasteiger partial charge in [-0.05, 0) is 56.3 Å². The molecule has 4 fully saturated rings. The quantitative estimate of drug-likeness (QED) is 0.773. The minimum atomic E-state index is -0.326. The molecule has 3 nitrogen and oxygen atoms in total. The van der Waals surface area contributed by atoms with Gasteiger partial charge in [-0.25, -0.2) is 0 Å². The van der Waals surface area contributed by atoms with Gasteiger partial charge in [-0.15, -0.1) is 0 Å². The SMILES string of the molecule is C[N+](C)(C)CC(O)COC12CC3CC(CC(C3)C1)C2. The lowest BCUT2D eigenvalue weighted by Crippen LogP contribution is -2.53. The molecular weight excluding hydrogens is 238 g/mol. The van der Waals surface area contributed by atoms with E-state index in [-0.39, 0.29) is 11.7 Å². The van der Waals surface area contributed by atoms with Gasteiger partial charge in [-0.3, -0.25) is 0 Å². The van der Waals surface area contributed by atoms with Crippen molar-refractivity contribution in [3.8, 4) is 0 Å². The van der Waals surface area contributed by atoms with Crippen molar-refractivity contribution in [3.63, 3.8) is 0 Å². The van der Waals surface area contributed by atoms with Gasteiger partial charge in [0.25, 0.3) is 0 Å². The highest BCUT2D eigenvalue weighted by Crippen LogP contribution is 2.57. The number of ether oxygens (including phenoxy) is 1. The molecule has 0 spiro atoms. The summed E-state index contributed by atoms with van der Waals surface area (Å²) in [5, 5.41) is 10.1. The molecule has 1 unspecified atom stereocenters. The molecule has 3 heteroatoms. The summed E-state index contributed by atoms with van der Waals surface area (Å²) in [6.45, 7) is 1.30. The van der Waals surface area contributed by atoms with Gasteiger partial charge in [0.2, 0.25) is 0 Å². The van der Waals surface area contributed by atoms with Gasteiger partial charge in [0.15, 0.2) is 0 Å². The first-order valence-electron chi connectivity index (χ1n) is 7.96. The maximum atomic E-state index is 10.1. The molecule has 0 aromatic heterocycles. The van der Waals surface area contributed by atoms with Crippen molar-refractivity contribution >= 4 is 0 Å². The average molecular weight is 268 g/mol. The standard InChI is InChI=1S/C16H30NO2/c1-17(2,3)10-15(18)11-19-16-7-12-4-13(8-16)6-14(5-12)9-16/h12-15,18H,4-11H2,1-3H3/q+1. The Hall–Kier alpha value is -0.120. The fourth-order valence-electron chi connectivity index (χ4n) is 5.17. The summed E-state index contributed by atoms with van der Waals surface area (Å²) >= 11 is 0. The lowest BCUT2D eigenvalue weighted by molar-refractivity contribution is -0.873. The van der Waals surface area contributed by atoms with Crippen LogP contribution < -0.4 is 0 Å². The number of aliphatic hydroxyl groups excluding tert-OH is 1. The van der Waals surface area contributed by atoms with E-state index in [0.29, 0.717) is 6.61 Å². The molecule has 0 radical (unpaired) electrons. The predicted octanol–water partition coefficient (Wildman–Crippen LogP) is 2.04. The zero-order valence-electron chi connectivity index (χ0n) is 12.8. The Labute approximate surface area is 117 Å². The Balaban J connectivity index is 1.55. The van der Waals surface area contributed by atoms with Crippen LogP contribution in [0.3, 0.4) is 0 Å². The number of quaternary nitrogens is 1. The normalized spacial score (nSPS) is 42.6. The van der Waals surface area contributed by atoms with Gasteiger partial charge >= 0.3 is 0 Å². The Morgan fingerprint density at radius 2 is 1.53 bits per heavy atom. The molecule has 19 heavy (non-hydrogen) atoms. The molecule has 4 aliphatic rings. The topological polar surface area (TPSA) is 29.5 Å². The third kappa shape index (κ3) is 3.14. The van der Waals surface area contributed by atoms with Gasteiger partial charge in [-0.2, -0.15) is 0 Å². The van der Waals surface area contributed by atoms with E-state index in [2.05, 4.69) is 21.1 Å². The zero-order chi connectivity index (χ0) is 13.7. The van der Waals surface area contributed by atoms with E-state index in [1.807, 2.05) is 0 Å². The molecule has 0 amide bonds. The summed E-state index contributed by atoms with van der Waals surface area (Å²) in [5.74, 6) is 2.75. The van der Waals surface area contributed by atoms with Crippen molar-refractivity contribution in [1.29, 1.82) is 0 Å². The van der Waals surface area contributed by atoms with Gasteiger partial charge < -0.3 is 14.3 Å². The first-order valence-corrected chi connectivity index (χ1v) is 7.96. The van der Waals surface area contributed by atoms with Crippen LogP contribution in [0.15, 0.2) is 0 Å². The molecule has 0 saturated heterocycles. The van der Waals surface area contributed by atoms with Gasteiger partial charge in [0, 0.05) is 0 Å². The summed E-state index contributed by atoms with van der Waals surface area (Å²) in [7, 11) is 6.36. The van der Waals surface area contributed by atoms with E-state index in [1.54, 1.807) is 0 Å². The van der Waals surface area contributed by atoms with E-state index in [9.17, 15) is 5.11 Å². The molecular formula is C16H30NO2+. The van der Waals surface area contributed by atoms with E-state index in [1.165, 1.54) is 38.5 Å². The lowest BCUT2D eigenvalue weighted by Gasteiger charge is -2.56. The summed E-state index contributed by atoms with van der Waals surface area (Å²) in [4.78, 5) is 0. The molecule has 4 saturated carbocycles. The van der Waals surface area contributed by atoms with Crippen LogP contribution >= 0.6 is 0 Å². The first-order chi connectivity index (χ1) is 8.84. The van der Waals surface area contributed by atoms with E-state index in [4.69, 9.17) is 4.74 Å². The van der Waals surface area contributed by atoms with Crippen LogP contribution in [0, 0.1) is 17.8 Å². The van der Waals surface area contributed by atoms with Crippen LogP contribution in [0.2, 0.25) is 0 Å². The van der Waals surface area contributed by atoms with Crippen molar-refractivity contribution in [2.24, 2.45) is 17.8 Å².